The molecule has 13 heavy (non-hydrogen) atoms. The molecule has 0 radical (unpaired) electrons. The number of nitrogens with two attached hydrogens (primary N) is 2. The average Bonchev–Trinajstić information content (AvgIpc) is 2.08. The molecule has 1 aromatic carbocycles. The van der Waals surface area contributed by atoms with Crippen LogP contribution in [0.25, 0.3) is 0 Å². The van der Waals surface area contributed by atoms with Crippen LogP contribution in [0.5, 0.6) is 5.75 Å². The molecule has 0 aliphatic heterocycles. The number of aromatic hydroxyl groups is 1. The first-order valence-corrected chi connectivity index (χ1v) is 4.04. The third-order valence-electron chi connectivity index (χ3n) is 1.96. The number of anilines is 1. The molecule has 0 amide bonds. The molecule has 0 aromatic heterocycles. The van der Waals surface area contributed by atoms with Crippen molar-refractivity contribution in [2.45, 2.75) is 19.1 Å². The zero-order valence-corrected chi connectivity index (χ0v) is 7.44. The van der Waals surface area contributed by atoms with Gasteiger partial charge in [0.1, 0.15) is 5.75 Å². The first-order chi connectivity index (χ1) is 6.02. The Morgan fingerprint density at radius 2 is 2.00 bits per heavy atom. The van der Waals surface area contributed by atoms with Crippen molar-refractivity contribution in [2.24, 2.45) is 5.73 Å². The Bertz CT molecular complexity index is 300. The highest BCUT2D eigenvalue weighted by molar-refractivity contribution is 5.53. The van der Waals surface area contributed by atoms with Crippen LogP contribution >= 0.6 is 0 Å². The maximum absolute atomic E-state index is 9.27. The summed E-state index contributed by atoms with van der Waals surface area (Å²) < 4.78 is 0. The van der Waals surface area contributed by atoms with Crippen LogP contribution in [0.2, 0.25) is 0 Å². The van der Waals surface area contributed by atoms with Gasteiger partial charge in [0.25, 0.3) is 0 Å². The molecule has 0 unspecified atom stereocenters. The van der Waals surface area contributed by atoms with Crippen molar-refractivity contribution < 1.29 is 10.2 Å². The van der Waals surface area contributed by atoms with E-state index in [0.29, 0.717) is 11.3 Å². The molecule has 0 spiro atoms. The summed E-state index contributed by atoms with van der Waals surface area (Å²) in [5.41, 5.74) is 12.0. The first-order valence-electron chi connectivity index (χ1n) is 4.04. The van der Waals surface area contributed by atoms with Gasteiger partial charge in [-0.2, -0.15) is 0 Å². The van der Waals surface area contributed by atoms with Crippen LogP contribution < -0.4 is 11.5 Å². The molecule has 1 rings (SSSR count). The van der Waals surface area contributed by atoms with Crippen LogP contribution in [-0.2, 0) is 0 Å². The quantitative estimate of drug-likeness (QED) is 0.392. The minimum absolute atomic E-state index is 0.00593. The summed E-state index contributed by atoms with van der Waals surface area (Å²) in [6.07, 6.45) is -0.650. The van der Waals surface area contributed by atoms with Gasteiger partial charge in [0.05, 0.1) is 17.8 Å². The molecule has 0 bridgehead atoms. The summed E-state index contributed by atoms with van der Waals surface area (Å²) in [4.78, 5) is 0. The van der Waals surface area contributed by atoms with Gasteiger partial charge in [-0.15, -0.1) is 0 Å². The Balaban J connectivity index is 2.97. The largest absolute Gasteiger partial charge is 0.506 e. The molecule has 6 N–H and O–H groups in total. The summed E-state index contributed by atoms with van der Waals surface area (Å²) in [6, 6.07) is 4.22. The van der Waals surface area contributed by atoms with E-state index in [0.717, 1.165) is 0 Å². The molecule has 4 heteroatoms. The van der Waals surface area contributed by atoms with E-state index in [1.807, 2.05) is 0 Å². The van der Waals surface area contributed by atoms with E-state index in [4.69, 9.17) is 11.5 Å². The normalized spacial score (nSPS) is 15.3. The number of aliphatic hydroxyl groups excluding tert-OH is 1. The summed E-state index contributed by atoms with van der Waals surface area (Å²) in [5, 5.41) is 18.5. The fourth-order valence-electron chi connectivity index (χ4n) is 1.05. The van der Waals surface area contributed by atoms with Gasteiger partial charge in [-0.05, 0) is 24.6 Å². The van der Waals surface area contributed by atoms with Crippen LogP contribution in [0, 0.1) is 0 Å². The fraction of sp³-hybridized carbons (Fsp3) is 0.333. The molecular formula is C9H14N2O2. The van der Waals surface area contributed by atoms with Crippen LogP contribution in [0.3, 0.4) is 0 Å². The van der Waals surface area contributed by atoms with E-state index >= 15 is 0 Å². The number of hydrogen-bond acceptors (Lipinski definition) is 4. The lowest BCUT2D eigenvalue weighted by Gasteiger charge is -2.15. The van der Waals surface area contributed by atoms with Gasteiger partial charge in [-0.3, -0.25) is 0 Å². The monoisotopic (exact) mass is 182 g/mol. The number of rotatable bonds is 2. The molecule has 2 atom stereocenters. The Kier molecular flexibility index (Phi) is 2.75. The lowest BCUT2D eigenvalue weighted by atomic mass is 10.0. The lowest BCUT2D eigenvalue weighted by molar-refractivity contribution is 0.164. The molecule has 0 aliphatic carbocycles. The highest BCUT2D eigenvalue weighted by Gasteiger charge is 2.12. The summed E-state index contributed by atoms with van der Waals surface area (Å²) in [5.74, 6) is -0.00593. The number of phenols is 1. The lowest BCUT2D eigenvalue weighted by Crippen LogP contribution is -2.23. The second-order valence-electron chi connectivity index (χ2n) is 3.08. The summed E-state index contributed by atoms with van der Waals surface area (Å²) in [6.45, 7) is 1.60. The molecule has 0 aliphatic rings. The van der Waals surface area contributed by atoms with Gasteiger partial charge < -0.3 is 21.7 Å². The molecule has 0 saturated carbocycles. The highest BCUT2D eigenvalue weighted by atomic mass is 16.3. The van der Waals surface area contributed by atoms with Crippen molar-refractivity contribution in [1.29, 1.82) is 0 Å². The summed E-state index contributed by atoms with van der Waals surface area (Å²) in [7, 11) is 0. The number of hydrogen-bond donors (Lipinski definition) is 4. The molecule has 0 saturated heterocycles. The van der Waals surface area contributed by atoms with Crippen LogP contribution in [-0.4, -0.2) is 16.3 Å². The van der Waals surface area contributed by atoms with Crippen molar-refractivity contribution in [2.75, 3.05) is 5.73 Å². The van der Waals surface area contributed by atoms with Gasteiger partial charge in [0, 0.05) is 0 Å². The number of aliphatic hydroxyl groups is 1. The van der Waals surface area contributed by atoms with Crippen molar-refractivity contribution in [3.05, 3.63) is 23.8 Å². The maximum atomic E-state index is 9.27. The predicted molar refractivity (Wildman–Crippen MR) is 51.1 cm³/mol. The maximum Gasteiger partial charge on any atom is 0.138 e. The molecule has 4 nitrogen and oxygen atoms in total. The minimum atomic E-state index is -0.650. The van der Waals surface area contributed by atoms with E-state index in [2.05, 4.69) is 0 Å². The van der Waals surface area contributed by atoms with Crippen molar-refractivity contribution in [1.82, 2.24) is 0 Å². The van der Waals surface area contributed by atoms with Crippen LogP contribution in [0.1, 0.15) is 18.5 Å². The third kappa shape index (κ3) is 2.11. The van der Waals surface area contributed by atoms with Gasteiger partial charge in [0.15, 0.2) is 0 Å². The number of benzene rings is 1. The average molecular weight is 182 g/mol. The first kappa shape index (κ1) is 9.83. The summed E-state index contributed by atoms with van der Waals surface area (Å²) >= 11 is 0. The molecular weight excluding hydrogens is 168 g/mol. The predicted octanol–water partition coefficient (Wildman–Crippen LogP) is 0.355. The SMILES string of the molecule is C[C@@H](O)[C@@H](N)c1ccc(N)c(O)c1. The van der Waals surface area contributed by atoms with Crippen molar-refractivity contribution in [3.8, 4) is 5.75 Å². The number of nitrogen functional groups attached to an aromatic ring is 1. The van der Waals surface area contributed by atoms with E-state index in [-0.39, 0.29) is 5.75 Å². The van der Waals surface area contributed by atoms with E-state index in [1.54, 1.807) is 19.1 Å². The Morgan fingerprint density at radius 3 is 2.46 bits per heavy atom. The second-order valence-corrected chi connectivity index (χ2v) is 3.08. The molecule has 0 heterocycles. The smallest absolute Gasteiger partial charge is 0.138 e. The van der Waals surface area contributed by atoms with Crippen LogP contribution in [0.15, 0.2) is 18.2 Å². The van der Waals surface area contributed by atoms with Crippen molar-refractivity contribution >= 4 is 5.69 Å². The third-order valence-corrected chi connectivity index (χ3v) is 1.96. The molecule has 1 aromatic rings. The zero-order valence-electron chi connectivity index (χ0n) is 7.44. The van der Waals surface area contributed by atoms with Gasteiger partial charge in [-0.25, -0.2) is 0 Å². The standard InChI is InChI=1S/C9H14N2O2/c1-5(12)9(11)6-2-3-7(10)8(13)4-6/h2-5,9,12-13H,10-11H2,1H3/t5-,9-/m1/s1. The van der Waals surface area contributed by atoms with Gasteiger partial charge >= 0.3 is 0 Å². The van der Waals surface area contributed by atoms with E-state index in [9.17, 15) is 10.2 Å². The van der Waals surface area contributed by atoms with E-state index in [1.165, 1.54) is 6.07 Å². The van der Waals surface area contributed by atoms with Gasteiger partial charge in [-0.1, -0.05) is 6.07 Å². The van der Waals surface area contributed by atoms with E-state index < -0.39 is 12.1 Å². The Labute approximate surface area is 76.8 Å². The Morgan fingerprint density at radius 1 is 1.38 bits per heavy atom. The zero-order chi connectivity index (χ0) is 10.0. The molecule has 72 valence electrons. The number of phenolic OH excluding ortho intramolecular Hbond substituents is 1. The van der Waals surface area contributed by atoms with Crippen LogP contribution in [0.4, 0.5) is 5.69 Å². The van der Waals surface area contributed by atoms with Crippen molar-refractivity contribution in [3.63, 3.8) is 0 Å². The topological polar surface area (TPSA) is 92.5 Å². The molecule has 0 fully saturated rings. The fourth-order valence-corrected chi connectivity index (χ4v) is 1.05. The Hall–Kier alpha value is -1.26. The van der Waals surface area contributed by atoms with Gasteiger partial charge in [0.2, 0.25) is 0 Å². The highest BCUT2D eigenvalue weighted by Crippen LogP contribution is 2.24. The second kappa shape index (κ2) is 3.64. The minimum Gasteiger partial charge on any atom is -0.506 e.